The zero-order valence-electron chi connectivity index (χ0n) is 10.0. The molecule has 5 heteroatoms. The van der Waals surface area contributed by atoms with Gasteiger partial charge in [0.05, 0.1) is 32.9 Å². The van der Waals surface area contributed by atoms with Crippen LogP contribution < -0.4 is 14.8 Å². The monoisotopic (exact) mass is 239 g/mol. The molecule has 0 aromatic heterocycles. The van der Waals surface area contributed by atoms with Crippen LogP contribution in [0.1, 0.15) is 10.4 Å². The molecule has 1 aromatic carbocycles. The summed E-state index contributed by atoms with van der Waals surface area (Å²) >= 11 is 0. The lowest BCUT2D eigenvalue weighted by molar-refractivity contribution is 0.0986. The first-order valence-electron chi connectivity index (χ1n) is 5.29. The number of ether oxygens (including phenoxy) is 2. The Morgan fingerprint density at radius 2 is 2.12 bits per heavy atom. The molecule has 0 fully saturated rings. The summed E-state index contributed by atoms with van der Waals surface area (Å²) in [6.45, 7) is 0.546. The second kappa shape index (κ2) is 6.88. The normalized spacial score (nSPS) is 10.1. The molecule has 0 amide bonds. The van der Waals surface area contributed by atoms with Gasteiger partial charge in [0, 0.05) is 6.54 Å². The van der Waals surface area contributed by atoms with Crippen LogP contribution in [0.3, 0.4) is 0 Å². The number of aliphatic hydroxyl groups is 1. The lowest BCUT2D eigenvalue weighted by Crippen LogP contribution is -2.26. The maximum atomic E-state index is 11.9. The summed E-state index contributed by atoms with van der Waals surface area (Å²) in [4.78, 5) is 11.9. The molecule has 0 bridgehead atoms. The molecule has 0 saturated carbocycles. The van der Waals surface area contributed by atoms with Crippen molar-refractivity contribution in [2.45, 2.75) is 0 Å². The first kappa shape index (κ1) is 13.5. The fourth-order valence-electron chi connectivity index (χ4n) is 1.41. The van der Waals surface area contributed by atoms with Gasteiger partial charge in [-0.1, -0.05) is 0 Å². The van der Waals surface area contributed by atoms with E-state index in [1.807, 2.05) is 0 Å². The number of carbonyl (C=O) groups excluding carboxylic acids is 1. The zero-order chi connectivity index (χ0) is 12.7. The molecule has 1 aromatic rings. The number of rotatable bonds is 7. The number of aliphatic hydroxyl groups excluding tert-OH is 1. The minimum absolute atomic E-state index is 0.00251. The van der Waals surface area contributed by atoms with Gasteiger partial charge in [-0.25, -0.2) is 0 Å². The predicted octanol–water partition coefficient (Wildman–Crippen LogP) is 0.468. The maximum absolute atomic E-state index is 11.9. The maximum Gasteiger partial charge on any atom is 0.180 e. The van der Waals surface area contributed by atoms with Crippen LogP contribution in [0.5, 0.6) is 11.5 Å². The summed E-state index contributed by atoms with van der Waals surface area (Å²) in [7, 11) is 3.06. The molecule has 1 rings (SSSR count). The summed E-state index contributed by atoms with van der Waals surface area (Å²) < 4.78 is 10.2. The van der Waals surface area contributed by atoms with E-state index in [0.717, 1.165) is 0 Å². The van der Waals surface area contributed by atoms with E-state index in [0.29, 0.717) is 23.6 Å². The summed E-state index contributed by atoms with van der Waals surface area (Å²) in [6.07, 6.45) is 0. The van der Waals surface area contributed by atoms with E-state index in [2.05, 4.69) is 5.32 Å². The third kappa shape index (κ3) is 3.72. The minimum atomic E-state index is -0.103. The fraction of sp³-hybridized carbons (Fsp3) is 0.417. The van der Waals surface area contributed by atoms with Crippen molar-refractivity contribution in [3.05, 3.63) is 23.8 Å². The Hall–Kier alpha value is -1.59. The molecule has 5 nitrogen and oxygen atoms in total. The van der Waals surface area contributed by atoms with Crippen molar-refractivity contribution in [2.75, 3.05) is 33.9 Å². The van der Waals surface area contributed by atoms with Crippen molar-refractivity contribution in [3.63, 3.8) is 0 Å². The van der Waals surface area contributed by atoms with Crippen molar-refractivity contribution in [2.24, 2.45) is 0 Å². The Morgan fingerprint density at radius 3 is 2.71 bits per heavy atom. The van der Waals surface area contributed by atoms with Crippen LogP contribution in [-0.4, -0.2) is 44.8 Å². The fourth-order valence-corrected chi connectivity index (χ4v) is 1.41. The van der Waals surface area contributed by atoms with Gasteiger partial charge in [0.2, 0.25) is 0 Å². The Balaban J connectivity index is 2.82. The van der Waals surface area contributed by atoms with Crippen LogP contribution in [0.15, 0.2) is 18.2 Å². The second-order valence-corrected chi connectivity index (χ2v) is 3.39. The number of Topliss-reactive ketones (excluding diaryl/α,β-unsaturated/α-hetero) is 1. The highest BCUT2D eigenvalue weighted by Gasteiger charge is 2.12. The van der Waals surface area contributed by atoms with Gasteiger partial charge in [-0.2, -0.15) is 0 Å². The summed E-state index contributed by atoms with van der Waals surface area (Å²) in [5, 5.41) is 11.4. The van der Waals surface area contributed by atoms with Gasteiger partial charge in [-0.05, 0) is 18.2 Å². The highest BCUT2D eigenvalue weighted by molar-refractivity contribution is 6.00. The lowest BCUT2D eigenvalue weighted by atomic mass is 10.1. The molecule has 0 spiro atoms. The van der Waals surface area contributed by atoms with Crippen molar-refractivity contribution in [1.29, 1.82) is 0 Å². The van der Waals surface area contributed by atoms with E-state index < -0.39 is 0 Å². The molecule has 0 heterocycles. The topological polar surface area (TPSA) is 67.8 Å². The molecular weight excluding hydrogens is 222 g/mol. The number of benzene rings is 1. The Labute approximate surface area is 100 Å². The van der Waals surface area contributed by atoms with Crippen LogP contribution in [0.2, 0.25) is 0 Å². The van der Waals surface area contributed by atoms with Gasteiger partial charge in [0.25, 0.3) is 0 Å². The number of methoxy groups -OCH3 is 2. The van der Waals surface area contributed by atoms with Crippen molar-refractivity contribution in [3.8, 4) is 11.5 Å². The van der Waals surface area contributed by atoms with E-state index in [4.69, 9.17) is 14.6 Å². The standard InChI is InChI=1S/C12H17NO4/c1-16-9-3-4-12(17-2)10(7-9)11(15)8-13-5-6-14/h3-4,7,13-14H,5-6,8H2,1-2H3. The molecule has 0 atom stereocenters. The van der Waals surface area contributed by atoms with Gasteiger partial charge < -0.3 is 19.9 Å². The molecule has 2 N–H and O–H groups in total. The first-order valence-corrected chi connectivity index (χ1v) is 5.29. The van der Waals surface area contributed by atoms with Gasteiger partial charge in [-0.3, -0.25) is 4.79 Å². The highest BCUT2D eigenvalue weighted by atomic mass is 16.5. The third-order valence-electron chi connectivity index (χ3n) is 2.28. The molecule has 0 aliphatic carbocycles. The molecule has 0 radical (unpaired) electrons. The van der Waals surface area contributed by atoms with Crippen LogP contribution in [0.25, 0.3) is 0 Å². The number of nitrogens with one attached hydrogen (secondary N) is 1. The number of hydrogen-bond acceptors (Lipinski definition) is 5. The van der Waals surface area contributed by atoms with Gasteiger partial charge in [-0.15, -0.1) is 0 Å². The van der Waals surface area contributed by atoms with E-state index >= 15 is 0 Å². The molecule has 0 aliphatic rings. The third-order valence-corrected chi connectivity index (χ3v) is 2.28. The smallest absolute Gasteiger partial charge is 0.180 e. The average molecular weight is 239 g/mol. The lowest BCUT2D eigenvalue weighted by Gasteiger charge is -2.09. The van der Waals surface area contributed by atoms with Gasteiger partial charge in [0.1, 0.15) is 11.5 Å². The largest absolute Gasteiger partial charge is 0.497 e. The Bertz CT molecular complexity index is 379. The molecule has 17 heavy (non-hydrogen) atoms. The molecular formula is C12H17NO4. The Kier molecular flexibility index (Phi) is 5.45. The molecule has 94 valence electrons. The van der Waals surface area contributed by atoms with Crippen molar-refractivity contribution < 1.29 is 19.4 Å². The van der Waals surface area contributed by atoms with Gasteiger partial charge in [0.15, 0.2) is 5.78 Å². The summed E-state index contributed by atoms with van der Waals surface area (Å²) in [5.74, 6) is 1.02. The zero-order valence-corrected chi connectivity index (χ0v) is 10.0. The van der Waals surface area contributed by atoms with E-state index in [9.17, 15) is 4.79 Å². The highest BCUT2D eigenvalue weighted by Crippen LogP contribution is 2.24. The van der Waals surface area contributed by atoms with Crippen LogP contribution in [-0.2, 0) is 0 Å². The van der Waals surface area contributed by atoms with Crippen LogP contribution >= 0.6 is 0 Å². The van der Waals surface area contributed by atoms with Gasteiger partial charge >= 0.3 is 0 Å². The van der Waals surface area contributed by atoms with Crippen molar-refractivity contribution in [1.82, 2.24) is 5.32 Å². The molecule has 0 saturated heterocycles. The van der Waals surface area contributed by atoms with E-state index in [1.165, 1.54) is 7.11 Å². The average Bonchev–Trinajstić information content (AvgIpc) is 2.38. The minimum Gasteiger partial charge on any atom is -0.497 e. The SMILES string of the molecule is COc1ccc(OC)c(C(=O)CNCCO)c1. The second-order valence-electron chi connectivity index (χ2n) is 3.39. The van der Waals surface area contributed by atoms with Crippen LogP contribution in [0.4, 0.5) is 0 Å². The predicted molar refractivity (Wildman–Crippen MR) is 63.8 cm³/mol. The first-order chi connectivity index (χ1) is 8.22. The molecule has 0 aliphatic heterocycles. The number of hydrogen-bond donors (Lipinski definition) is 2. The quantitative estimate of drug-likeness (QED) is 0.534. The summed E-state index contributed by atoms with van der Waals surface area (Å²) in [5.41, 5.74) is 0.470. The van der Waals surface area contributed by atoms with E-state index in [1.54, 1.807) is 25.3 Å². The summed E-state index contributed by atoms with van der Waals surface area (Å²) in [6, 6.07) is 5.07. The van der Waals surface area contributed by atoms with E-state index in [-0.39, 0.29) is 18.9 Å². The Morgan fingerprint density at radius 1 is 1.35 bits per heavy atom. The van der Waals surface area contributed by atoms with Crippen molar-refractivity contribution >= 4 is 5.78 Å². The van der Waals surface area contributed by atoms with Crippen LogP contribution in [0, 0.1) is 0 Å². The number of carbonyl (C=O) groups is 1. The number of ketones is 1. The molecule has 0 unspecified atom stereocenters.